The number of halogens is 1. The summed E-state index contributed by atoms with van der Waals surface area (Å²) in [6, 6.07) is 0. The van der Waals surface area contributed by atoms with Crippen LogP contribution in [0.5, 0.6) is 0 Å². The zero-order valence-corrected chi connectivity index (χ0v) is 17.8. The van der Waals surface area contributed by atoms with Crippen molar-refractivity contribution in [2.75, 3.05) is 78.8 Å². The van der Waals surface area contributed by atoms with Gasteiger partial charge in [0, 0.05) is 26.2 Å². The standard InChI is InChI=1S/C18H36N4O2P.ClH/c1-3-7-19(8-4-1)25(20-9-5-2-6-10-20,21-11-15-23-16-12-21)22-13-17-24-18-14-22;/h1-18H2;1H/q+1;/p-1. The maximum atomic E-state index is 5.75. The highest BCUT2D eigenvalue weighted by Gasteiger charge is 2.62. The third-order valence-electron chi connectivity index (χ3n) is 6.16. The first-order valence-electron chi connectivity index (χ1n) is 10.5. The van der Waals surface area contributed by atoms with Gasteiger partial charge in [0.25, 0.3) is 0 Å². The topological polar surface area (TPSA) is 31.4 Å². The second kappa shape index (κ2) is 10.3. The van der Waals surface area contributed by atoms with Gasteiger partial charge in [-0.05, 0) is 25.7 Å². The van der Waals surface area contributed by atoms with Crippen LogP contribution in [0.15, 0.2) is 0 Å². The largest absolute Gasteiger partial charge is 1.00 e. The number of rotatable bonds is 4. The first-order chi connectivity index (χ1) is 12.4. The Kier molecular flexibility index (Phi) is 8.41. The fourth-order valence-corrected chi connectivity index (χ4v) is 10.2. The van der Waals surface area contributed by atoms with E-state index in [1.165, 1.54) is 64.7 Å². The van der Waals surface area contributed by atoms with Crippen molar-refractivity contribution in [2.24, 2.45) is 0 Å². The molecule has 4 aliphatic rings. The summed E-state index contributed by atoms with van der Waals surface area (Å²) >= 11 is 0. The quantitative estimate of drug-likeness (QED) is 0.574. The minimum atomic E-state index is -1.62. The Morgan fingerprint density at radius 1 is 0.423 bits per heavy atom. The van der Waals surface area contributed by atoms with Crippen LogP contribution in [0.2, 0.25) is 0 Å². The van der Waals surface area contributed by atoms with Crippen molar-refractivity contribution in [3.8, 4) is 0 Å². The van der Waals surface area contributed by atoms with Gasteiger partial charge in [-0.2, -0.15) is 0 Å². The lowest BCUT2D eigenvalue weighted by molar-refractivity contribution is -0.00000678. The van der Waals surface area contributed by atoms with E-state index in [0.717, 1.165) is 52.6 Å². The van der Waals surface area contributed by atoms with Crippen molar-refractivity contribution >= 4 is 7.87 Å². The van der Waals surface area contributed by atoms with E-state index in [-0.39, 0.29) is 12.4 Å². The highest BCUT2D eigenvalue weighted by Crippen LogP contribution is 2.71. The number of hydrogen-bond acceptors (Lipinski definition) is 6. The molecule has 0 amide bonds. The SMILES string of the molecule is C1CCN([P+](N2CCCCC2)(N2CCOCC2)N2CCOCC2)CC1.[Cl-]. The monoisotopic (exact) mass is 406 g/mol. The Balaban J connectivity index is 0.00000196. The molecule has 0 aliphatic carbocycles. The van der Waals surface area contributed by atoms with Crippen LogP contribution in [-0.4, -0.2) is 97.5 Å². The molecule has 0 atom stereocenters. The van der Waals surface area contributed by atoms with E-state index in [1.807, 2.05) is 0 Å². The number of hydrogen-bond donors (Lipinski definition) is 0. The summed E-state index contributed by atoms with van der Waals surface area (Å²) in [6.45, 7) is 13.1. The fraction of sp³-hybridized carbons (Fsp3) is 1.00. The molecule has 4 saturated heterocycles. The van der Waals surface area contributed by atoms with Gasteiger partial charge < -0.3 is 21.9 Å². The molecule has 0 unspecified atom stereocenters. The second-order valence-corrected chi connectivity index (χ2v) is 11.0. The number of piperidine rings is 2. The Morgan fingerprint density at radius 2 is 0.731 bits per heavy atom. The molecule has 0 bridgehead atoms. The third-order valence-corrected chi connectivity index (χ3v) is 10.8. The van der Waals surface area contributed by atoms with Crippen LogP contribution in [0, 0.1) is 0 Å². The normalized spacial score (nSPS) is 28.6. The lowest BCUT2D eigenvalue weighted by Crippen LogP contribution is -3.00. The van der Waals surface area contributed by atoms with Crippen molar-refractivity contribution in [3.63, 3.8) is 0 Å². The van der Waals surface area contributed by atoms with Gasteiger partial charge in [0.15, 0.2) is 0 Å². The molecule has 0 spiro atoms. The summed E-state index contributed by atoms with van der Waals surface area (Å²) in [6.07, 6.45) is 8.27. The Hall–Kier alpha value is 0.480. The Bertz CT molecular complexity index is 332. The molecule has 0 aromatic heterocycles. The summed E-state index contributed by atoms with van der Waals surface area (Å²) < 4.78 is 23.1. The minimum absolute atomic E-state index is 0. The molecule has 0 saturated carbocycles. The van der Waals surface area contributed by atoms with Gasteiger partial charge >= 0.3 is 7.87 Å². The molecule has 0 aromatic carbocycles. The summed E-state index contributed by atoms with van der Waals surface area (Å²) in [5.74, 6) is 0. The van der Waals surface area contributed by atoms with E-state index in [9.17, 15) is 0 Å². The molecule has 4 rings (SSSR count). The molecule has 26 heavy (non-hydrogen) atoms. The average Bonchev–Trinajstić information content (AvgIpc) is 2.72. The van der Waals surface area contributed by atoms with Gasteiger partial charge in [-0.25, -0.2) is 0 Å². The summed E-state index contributed by atoms with van der Waals surface area (Å²) in [5, 5.41) is 0. The van der Waals surface area contributed by atoms with Gasteiger partial charge in [-0.1, -0.05) is 12.8 Å². The molecule has 4 aliphatic heterocycles. The lowest BCUT2D eigenvalue weighted by Gasteiger charge is -2.54. The zero-order chi connectivity index (χ0) is 17.0. The van der Waals surface area contributed by atoms with Crippen LogP contribution in [0.1, 0.15) is 38.5 Å². The predicted octanol–water partition coefficient (Wildman–Crippen LogP) is -0.696. The number of ether oxygens (including phenoxy) is 2. The lowest BCUT2D eigenvalue weighted by atomic mass is 10.2. The molecular weight excluding hydrogens is 371 g/mol. The minimum Gasteiger partial charge on any atom is -1.00 e. The maximum absolute atomic E-state index is 5.75. The second-order valence-electron chi connectivity index (χ2n) is 7.70. The van der Waals surface area contributed by atoms with Crippen molar-refractivity contribution in [3.05, 3.63) is 0 Å². The van der Waals surface area contributed by atoms with E-state index < -0.39 is 7.87 Å². The average molecular weight is 407 g/mol. The van der Waals surface area contributed by atoms with Crippen molar-refractivity contribution < 1.29 is 21.9 Å². The molecule has 0 aromatic rings. The van der Waals surface area contributed by atoms with Crippen LogP contribution < -0.4 is 12.4 Å². The fourth-order valence-electron chi connectivity index (χ4n) is 5.01. The molecule has 6 nitrogen and oxygen atoms in total. The smallest absolute Gasteiger partial charge is 0.308 e. The van der Waals surface area contributed by atoms with Gasteiger partial charge in [-0.15, -0.1) is 18.7 Å². The van der Waals surface area contributed by atoms with Gasteiger partial charge in [0.05, 0.1) is 52.6 Å². The van der Waals surface area contributed by atoms with Crippen LogP contribution in [-0.2, 0) is 9.47 Å². The zero-order valence-electron chi connectivity index (χ0n) is 16.2. The maximum Gasteiger partial charge on any atom is 0.308 e. The molecule has 152 valence electrons. The molecule has 0 radical (unpaired) electrons. The van der Waals surface area contributed by atoms with Crippen LogP contribution in [0.4, 0.5) is 0 Å². The van der Waals surface area contributed by atoms with Gasteiger partial charge in [-0.3, -0.25) is 0 Å². The van der Waals surface area contributed by atoms with Crippen LogP contribution in [0.25, 0.3) is 0 Å². The number of nitrogens with zero attached hydrogens (tertiary/aromatic N) is 4. The van der Waals surface area contributed by atoms with Gasteiger partial charge in [0.1, 0.15) is 0 Å². The van der Waals surface area contributed by atoms with E-state index in [1.54, 1.807) is 0 Å². The van der Waals surface area contributed by atoms with Crippen molar-refractivity contribution in [2.45, 2.75) is 38.5 Å². The summed E-state index contributed by atoms with van der Waals surface area (Å²) in [4.78, 5) is 0. The van der Waals surface area contributed by atoms with Crippen molar-refractivity contribution in [1.82, 2.24) is 18.7 Å². The Labute approximate surface area is 166 Å². The van der Waals surface area contributed by atoms with Crippen LogP contribution in [0.3, 0.4) is 0 Å². The van der Waals surface area contributed by atoms with E-state index in [2.05, 4.69) is 18.7 Å². The first kappa shape index (κ1) is 21.2. The van der Waals surface area contributed by atoms with E-state index in [0.29, 0.717) is 0 Å². The van der Waals surface area contributed by atoms with E-state index in [4.69, 9.17) is 9.47 Å². The molecule has 0 N–H and O–H groups in total. The highest BCUT2D eigenvalue weighted by molar-refractivity contribution is 7.66. The molecular formula is C18H36ClN4O2P. The van der Waals surface area contributed by atoms with E-state index >= 15 is 0 Å². The Morgan fingerprint density at radius 3 is 1.08 bits per heavy atom. The number of morpholine rings is 2. The molecule has 4 fully saturated rings. The summed E-state index contributed by atoms with van der Waals surface area (Å²) in [5.41, 5.74) is 0. The highest BCUT2D eigenvalue weighted by atomic mass is 35.5. The van der Waals surface area contributed by atoms with Crippen molar-refractivity contribution in [1.29, 1.82) is 0 Å². The summed E-state index contributed by atoms with van der Waals surface area (Å²) in [7, 11) is -1.62. The van der Waals surface area contributed by atoms with Gasteiger partial charge in [0.2, 0.25) is 0 Å². The first-order valence-corrected chi connectivity index (χ1v) is 12.1. The molecule has 4 heterocycles. The van der Waals surface area contributed by atoms with Crippen LogP contribution >= 0.6 is 7.87 Å². The predicted molar refractivity (Wildman–Crippen MR) is 103 cm³/mol. The molecule has 8 heteroatoms. The third kappa shape index (κ3) is 4.23.